The van der Waals surface area contributed by atoms with Crippen molar-refractivity contribution in [2.24, 2.45) is 5.92 Å². The van der Waals surface area contributed by atoms with E-state index >= 15 is 4.39 Å². The Morgan fingerprint density at radius 2 is 1.69 bits per heavy atom. The lowest BCUT2D eigenvalue weighted by atomic mass is 9.25. The second-order valence-corrected chi connectivity index (χ2v) is 11.4. The summed E-state index contributed by atoms with van der Waals surface area (Å²) in [4.78, 5) is 0. The SMILES string of the molecule is CC1(C)OC2[C@H](O[C@@H]3C(CB4C5CCCC4CCC5)[C@H](F)C[C@]23OCc2ccccc2)O1. The highest BCUT2D eigenvalue weighted by molar-refractivity contribution is 6.62. The highest BCUT2D eigenvalue weighted by atomic mass is 19.1. The van der Waals surface area contributed by atoms with E-state index in [1.807, 2.05) is 32.0 Å². The second-order valence-electron chi connectivity index (χ2n) is 11.4. The van der Waals surface area contributed by atoms with Gasteiger partial charge in [0.1, 0.15) is 24.6 Å². The summed E-state index contributed by atoms with van der Waals surface area (Å²) in [7, 11) is 0. The van der Waals surface area contributed by atoms with Crippen molar-refractivity contribution < 1.29 is 23.3 Å². The fraction of sp³-hybridized carbons (Fsp3) is 0.769. The van der Waals surface area contributed by atoms with Crippen LogP contribution in [0.2, 0.25) is 18.0 Å². The molecule has 2 bridgehead atoms. The lowest BCUT2D eigenvalue weighted by molar-refractivity contribution is -0.236. The Kier molecular flexibility index (Phi) is 5.45. The predicted octanol–water partition coefficient (Wildman–Crippen LogP) is 5.78. The summed E-state index contributed by atoms with van der Waals surface area (Å²) in [5.41, 5.74) is 0.296. The van der Waals surface area contributed by atoms with Crippen LogP contribution in [-0.2, 0) is 25.6 Å². The molecule has 0 aromatic heterocycles. The van der Waals surface area contributed by atoms with Crippen LogP contribution in [0.4, 0.5) is 4.39 Å². The largest absolute Gasteiger partial charge is 0.365 e. The summed E-state index contributed by atoms with van der Waals surface area (Å²) < 4.78 is 41.3. The van der Waals surface area contributed by atoms with Crippen molar-refractivity contribution in [1.29, 1.82) is 0 Å². The fourth-order valence-corrected chi connectivity index (χ4v) is 7.72. The van der Waals surface area contributed by atoms with Crippen LogP contribution in [-0.4, -0.2) is 42.8 Å². The van der Waals surface area contributed by atoms with Crippen molar-refractivity contribution in [2.45, 2.75) is 119 Å². The number of rotatable bonds is 5. The smallest absolute Gasteiger partial charge is 0.190 e. The summed E-state index contributed by atoms with van der Waals surface area (Å²) in [6.45, 7) is 4.86. The molecule has 0 radical (unpaired) electrons. The second kappa shape index (κ2) is 8.07. The van der Waals surface area contributed by atoms with Crippen LogP contribution < -0.4 is 0 Å². The normalized spacial score (nSPS) is 44.5. The van der Waals surface area contributed by atoms with E-state index in [-0.39, 0.29) is 18.1 Å². The maximum absolute atomic E-state index is 15.8. The monoisotopic (exact) mass is 442 g/mol. The molecule has 0 spiro atoms. The van der Waals surface area contributed by atoms with E-state index in [2.05, 4.69) is 12.1 Å². The quantitative estimate of drug-likeness (QED) is 0.542. The molecule has 1 saturated carbocycles. The van der Waals surface area contributed by atoms with E-state index < -0.39 is 23.8 Å². The predicted molar refractivity (Wildman–Crippen MR) is 121 cm³/mol. The van der Waals surface area contributed by atoms with E-state index in [1.165, 1.54) is 38.5 Å². The Morgan fingerprint density at radius 3 is 2.38 bits per heavy atom. The number of benzene rings is 1. The Morgan fingerprint density at radius 1 is 1.00 bits per heavy atom. The van der Waals surface area contributed by atoms with Gasteiger partial charge >= 0.3 is 0 Å². The number of ether oxygens (including phenoxy) is 4. The number of hydrogen-bond donors (Lipinski definition) is 0. The molecule has 0 N–H and O–H groups in total. The molecule has 174 valence electrons. The third kappa shape index (κ3) is 3.57. The molecule has 6 atom stereocenters. The molecule has 6 rings (SSSR count). The molecule has 4 heterocycles. The molecular weight excluding hydrogens is 406 g/mol. The van der Waals surface area contributed by atoms with Crippen LogP contribution in [0.15, 0.2) is 30.3 Å². The van der Waals surface area contributed by atoms with Gasteiger partial charge in [-0.1, -0.05) is 86.8 Å². The third-order valence-corrected chi connectivity index (χ3v) is 9.07. The van der Waals surface area contributed by atoms with Gasteiger partial charge in [0.15, 0.2) is 12.1 Å². The van der Waals surface area contributed by atoms with Gasteiger partial charge in [-0.3, -0.25) is 0 Å². The molecule has 5 aliphatic rings. The van der Waals surface area contributed by atoms with E-state index in [0.717, 1.165) is 23.5 Å². The van der Waals surface area contributed by atoms with Gasteiger partial charge in [0.25, 0.3) is 0 Å². The van der Waals surface area contributed by atoms with Crippen molar-refractivity contribution in [3.05, 3.63) is 35.9 Å². The van der Waals surface area contributed by atoms with Gasteiger partial charge in [-0.25, -0.2) is 4.39 Å². The number of alkyl halides is 1. The third-order valence-electron chi connectivity index (χ3n) is 9.07. The summed E-state index contributed by atoms with van der Waals surface area (Å²) in [5.74, 6) is 0.649. The Bertz CT molecular complexity index is 799. The van der Waals surface area contributed by atoms with Gasteiger partial charge in [-0.15, -0.1) is 0 Å². The van der Waals surface area contributed by atoms with Crippen LogP contribution >= 0.6 is 0 Å². The first-order chi connectivity index (χ1) is 15.5. The van der Waals surface area contributed by atoms with Crippen LogP contribution in [0, 0.1) is 5.92 Å². The topological polar surface area (TPSA) is 36.9 Å². The number of fused-ring (bicyclic) bond motifs is 5. The van der Waals surface area contributed by atoms with Gasteiger partial charge in [-0.05, 0) is 19.4 Å². The average molecular weight is 442 g/mol. The summed E-state index contributed by atoms with van der Waals surface area (Å²) in [6.07, 6.45) is 7.11. The summed E-state index contributed by atoms with van der Waals surface area (Å²) in [5, 5.41) is 0. The molecule has 5 fully saturated rings. The molecule has 2 unspecified atom stereocenters. The van der Waals surface area contributed by atoms with Gasteiger partial charge in [-0.2, -0.15) is 0 Å². The molecule has 4 aliphatic heterocycles. The van der Waals surface area contributed by atoms with Crippen LogP contribution in [0.5, 0.6) is 0 Å². The minimum Gasteiger partial charge on any atom is -0.365 e. The molecule has 32 heavy (non-hydrogen) atoms. The highest BCUT2D eigenvalue weighted by Gasteiger charge is 2.71. The molecule has 1 aromatic carbocycles. The molecule has 1 aromatic rings. The zero-order valence-electron chi connectivity index (χ0n) is 19.4. The van der Waals surface area contributed by atoms with Crippen molar-refractivity contribution >= 4 is 6.71 Å². The zero-order chi connectivity index (χ0) is 21.9. The minimum absolute atomic E-state index is 0.141. The summed E-state index contributed by atoms with van der Waals surface area (Å²) in [6, 6.07) is 10.1. The molecule has 1 aliphatic carbocycles. The summed E-state index contributed by atoms with van der Waals surface area (Å²) >= 11 is 0. The van der Waals surface area contributed by atoms with Gasteiger partial charge in [0, 0.05) is 12.3 Å². The highest BCUT2D eigenvalue weighted by Crippen LogP contribution is 2.58. The van der Waals surface area contributed by atoms with E-state index in [9.17, 15) is 0 Å². The van der Waals surface area contributed by atoms with Crippen molar-refractivity contribution in [3.63, 3.8) is 0 Å². The van der Waals surface area contributed by atoms with Crippen molar-refractivity contribution in [1.82, 2.24) is 0 Å². The van der Waals surface area contributed by atoms with Gasteiger partial charge in [0.2, 0.25) is 0 Å². The lowest BCUT2D eigenvalue weighted by Crippen LogP contribution is -2.49. The van der Waals surface area contributed by atoms with Crippen molar-refractivity contribution in [3.8, 4) is 0 Å². The van der Waals surface area contributed by atoms with E-state index in [1.54, 1.807) is 0 Å². The lowest BCUT2D eigenvalue weighted by Gasteiger charge is -2.42. The Labute approximate surface area is 191 Å². The van der Waals surface area contributed by atoms with E-state index in [4.69, 9.17) is 18.9 Å². The van der Waals surface area contributed by atoms with E-state index in [0.29, 0.717) is 19.7 Å². The van der Waals surface area contributed by atoms with Gasteiger partial charge < -0.3 is 18.9 Å². The van der Waals surface area contributed by atoms with Gasteiger partial charge in [0.05, 0.1) is 12.7 Å². The first-order valence-electron chi connectivity index (χ1n) is 12.8. The van der Waals surface area contributed by atoms with Crippen LogP contribution in [0.3, 0.4) is 0 Å². The number of halogens is 1. The molecule has 0 amide bonds. The minimum atomic E-state index is -0.924. The van der Waals surface area contributed by atoms with Crippen LogP contribution in [0.25, 0.3) is 0 Å². The molecule has 4 nitrogen and oxygen atoms in total. The number of hydrogen-bond acceptors (Lipinski definition) is 4. The zero-order valence-corrected chi connectivity index (χ0v) is 19.4. The average Bonchev–Trinajstić information content (AvgIpc) is 3.31. The Hall–Kier alpha value is -0.945. The molecular formula is C26H36BFO4. The first kappa shape index (κ1) is 21.6. The van der Waals surface area contributed by atoms with Crippen molar-refractivity contribution in [2.75, 3.05) is 0 Å². The Balaban J connectivity index is 1.27. The fourth-order valence-electron chi connectivity index (χ4n) is 7.72. The maximum Gasteiger partial charge on any atom is 0.190 e. The first-order valence-corrected chi connectivity index (χ1v) is 12.8. The molecule has 4 saturated heterocycles. The van der Waals surface area contributed by atoms with Crippen LogP contribution in [0.1, 0.15) is 64.4 Å². The molecule has 6 heteroatoms. The standard InChI is InChI=1S/C26H36BFO4/c1-25(2)31-23-24(32-25)30-22-20(15-27-18-10-6-11-19(27)13-7-12-18)21(28)14-26(22,23)29-16-17-8-4-3-5-9-17/h3-5,8-9,18-24H,6-7,10-16H2,1-2H3/t18?,19?,20?,21-,22-,23?,24-,26-/m1/s1. The maximum atomic E-state index is 15.8.